The molecule has 1 aliphatic rings. The Bertz CT molecular complexity index is 405. The number of benzene rings is 1. The molecule has 0 bridgehead atoms. The third-order valence-electron chi connectivity index (χ3n) is 2.66. The Labute approximate surface area is 94.2 Å². The zero-order valence-electron chi connectivity index (χ0n) is 9.19. The lowest BCUT2D eigenvalue weighted by molar-refractivity contribution is -0.140. The smallest absolute Gasteiger partial charge is 0.263 e. The standard InChI is InChI=1S/C12H15NO3/c1-2-7-16-8-12(15)9-5-3-4-6-10(9)13-11(12)14/h3-6,15H,2,7-8H2,1H3,(H,13,14). The van der Waals surface area contributed by atoms with Gasteiger partial charge in [-0.3, -0.25) is 4.79 Å². The summed E-state index contributed by atoms with van der Waals surface area (Å²) in [6.07, 6.45) is 0.860. The minimum Gasteiger partial charge on any atom is -0.378 e. The van der Waals surface area contributed by atoms with Crippen molar-refractivity contribution in [3.8, 4) is 0 Å². The lowest BCUT2D eigenvalue weighted by Crippen LogP contribution is -2.39. The summed E-state index contributed by atoms with van der Waals surface area (Å²) in [4.78, 5) is 11.7. The van der Waals surface area contributed by atoms with Crippen molar-refractivity contribution in [3.63, 3.8) is 0 Å². The van der Waals surface area contributed by atoms with Crippen LogP contribution in [-0.2, 0) is 15.1 Å². The Morgan fingerprint density at radius 2 is 2.19 bits per heavy atom. The van der Waals surface area contributed by atoms with Crippen molar-refractivity contribution in [1.82, 2.24) is 0 Å². The number of carbonyl (C=O) groups excluding carboxylic acids is 1. The predicted molar refractivity (Wildman–Crippen MR) is 60.1 cm³/mol. The van der Waals surface area contributed by atoms with E-state index in [-0.39, 0.29) is 6.61 Å². The van der Waals surface area contributed by atoms with E-state index in [2.05, 4.69) is 5.32 Å². The van der Waals surface area contributed by atoms with Gasteiger partial charge >= 0.3 is 0 Å². The Morgan fingerprint density at radius 1 is 1.44 bits per heavy atom. The molecular weight excluding hydrogens is 206 g/mol. The molecule has 4 heteroatoms. The van der Waals surface area contributed by atoms with Crippen LogP contribution in [0.25, 0.3) is 0 Å². The average Bonchev–Trinajstić information content (AvgIpc) is 2.53. The molecule has 0 aliphatic carbocycles. The molecule has 0 radical (unpaired) electrons. The number of nitrogens with one attached hydrogen (secondary N) is 1. The van der Waals surface area contributed by atoms with Gasteiger partial charge in [-0.15, -0.1) is 0 Å². The maximum atomic E-state index is 11.7. The molecule has 86 valence electrons. The number of aliphatic hydroxyl groups is 1. The zero-order valence-corrected chi connectivity index (χ0v) is 9.19. The summed E-state index contributed by atoms with van der Waals surface area (Å²) in [7, 11) is 0. The highest BCUT2D eigenvalue weighted by atomic mass is 16.5. The average molecular weight is 221 g/mol. The molecule has 1 aromatic rings. The molecule has 0 spiro atoms. The zero-order chi connectivity index (χ0) is 11.6. The van der Waals surface area contributed by atoms with Crippen molar-refractivity contribution in [3.05, 3.63) is 29.8 Å². The first kappa shape index (κ1) is 11.1. The number of amides is 1. The van der Waals surface area contributed by atoms with Crippen LogP contribution < -0.4 is 5.32 Å². The van der Waals surface area contributed by atoms with E-state index in [1.165, 1.54) is 0 Å². The first-order chi connectivity index (χ1) is 7.68. The number of anilines is 1. The Hall–Kier alpha value is -1.39. The number of fused-ring (bicyclic) bond motifs is 1. The SMILES string of the molecule is CCCOCC1(O)C(=O)Nc2ccccc21. The summed E-state index contributed by atoms with van der Waals surface area (Å²) in [5.41, 5.74) is -0.280. The summed E-state index contributed by atoms with van der Waals surface area (Å²) < 4.78 is 5.29. The monoisotopic (exact) mass is 221 g/mol. The first-order valence-electron chi connectivity index (χ1n) is 5.39. The predicted octanol–water partition coefficient (Wildman–Crippen LogP) is 1.25. The maximum Gasteiger partial charge on any atom is 0.263 e. The maximum absolute atomic E-state index is 11.7. The third kappa shape index (κ3) is 1.70. The fourth-order valence-corrected chi connectivity index (χ4v) is 1.81. The third-order valence-corrected chi connectivity index (χ3v) is 2.66. The van der Waals surface area contributed by atoms with Gasteiger partial charge in [-0.25, -0.2) is 0 Å². The van der Waals surface area contributed by atoms with E-state index < -0.39 is 11.5 Å². The molecule has 4 nitrogen and oxygen atoms in total. The summed E-state index contributed by atoms with van der Waals surface area (Å²) >= 11 is 0. The normalized spacial score (nSPS) is 23.0. The van der Waals surface area contributed by atoms with Gasteiger partial charge in [-0.2, -0.15) is 0 Å². The van der Waals surface area contributed by atoms with Crippen LogP contribution in [0.2, 0.25) is 0 Å². The Balaban J connectivity index is 2.23. The highest BCUT2D eigenvalue weighted by Gasteiger charge is 2.45. The minimum atomic E-state index is -1.54. The fourth-order valence-electron chi connectivity index (χ4n) is 1.81. The summed E-state index contributed by atoms with van der Waals surface area (Å²) in [5.74, 6) is -0.412. The fraction of sp³-hybridized carbons (Fsp3) is 0.417. The highest BCUT2D eigenvalue weighted by Crippen LogP contribution is 2.35. The van der Waals surface area contributed by atoms with Gasteiger partial charge in [0.05, 0.1) is 6.61 Å². The number of ether oxygens (including phenoxy) is 1. The second-order valence-electron chi connectivity index (χ2n) is 3.91. The number of hydrogen-bond donors (Lipinski definition) is 2. The molecule has 2 N–H and O–H groups in total. The van der Waals surface area contributed by atoms with Gasteiger partial charge in [-0.05, 0) is 12.5 Å². The van der Waals surface area contributed by atoms with Crippen LogP contribution in [0.4, 0.5) is 5.69 Å². The second-order valence-corrected chi connectivity index (χ2v) is 3.91. The van der Waals surface area contributed by atoms with Crippen LogP contribution in [0.3, 0.4) is 0 Å². The largest absolute Gasteiger partial charge is 0.378 e. The van der Waals surface area contributed by atoms with Crippen LogP contribution in [0.5, 0.6) is 0 Å². The van der Waals surface area contributed by atoms with Crippen LogP contribution in [0.1, 0.15) is 18.9 Å². The summed E-state index contributed by atoms with van der Waals surface area (Å²) in [6.45, 7) is 2.52. The van der Waals surface area contributed by atoms with Gasteiger partial charge in [0.15, 0.2) is 5.60 Å². The lowest BCUT2D eigenvalue weighted by atomic mass is 9.96. The topological polar surface area (TPSA) is 58.6 Å². The number of para-hydroxylation sites is 1. The molecule has 1 aliphatic heterocycles. The molecule has 1 amide bonds. The molecule has 16 heavy (non-hydrogen) atoms. The number of carbonyl (C=O) groups is 1. The quantitative estimate of drug-likeness (QED) is 0.752. The van der Waals surface area contributed by atoms with Gasteiger partial charge in [0.25, 0.3) is 5.91 Å². The van der Waals surface area contributed by atoms with Crippen molar-refractivity contribution in [2.24, 2.45) is 0 Å². The molecular formula is C12H15NO3. The van der Waals surface area contributed by atoms with Gasteiger partial charge in [0, 0.05) is 17.9 Å². The molecule has 1 aromatic carbocycles. The van der Waals surface area contributed by atoms with Crippen molar-refractivity contribution in [2.45, 2.75) is 18.9 Å². The van der Waals surface area contributed by atoms with Crippen molar-refractivity contribution >= 4 is 11.6 Å². The lowest BCUT2D eigenvalue weighted by Gasteiger charge is -2.20. The molecule has 0 saturated carbocycles. The minimum absolute atomic E-state index is 0.00366. The molecule has 0 saturated heterocycles. The molecule has 2 rings (SSSR count). The van der Waals surface area contributed by atoms with E-state index in [0.717, 1.165) is 6.42 Å². The summed E-state index contributed by atoms with van der Waals surface area (Å²) in [6, 6.07) is 7.12. The van der Waals surface area contributed by atoms with Crippen LogP contribution in [-0.4, -0.2) is 24.2 Å². The number of hydrogen-bond acceptors (Lipinski definition) is 3. The van der Waals surface area contributed by atoms with Crippen molar-refractivity contribution in [1.29, 1.82) is 0 Å². The molecule has 1 unspecified atom stereocenters. The van der Waals surface area contributed by atoms with E-state index in [4.69, 9.17) is 4.74 Å². The highest BCUT2D eigenvalue weighted by molar-refractivity contribution is 6.04. The molecule has 0 aromatic heterocycles. The van der Waals surface area contributed by atoms with Crippen LogP contribution >= 0.6 is 0 Å². The van der Waals surface area contributed by atoms with Gasteiger partial charge in [0.2, 0.25) is 0 Å². The molecule has 0 fully saturated rings. The Kier molecular flexibility index (Phi) is 2.94. The van der Waals surface area contributed by atoms with E-state index >= 15 is 0 Å². The molecule has 1 atom stereocenters. The molecule has 1 heterocycles. The van der Waals surface area contributed by atoms with Gasteiger partial charge < -0.3 is 15.2 Å². The summed E-state index contributed by atoms with van der Waals surface area (Å²) in [5, 5.41) is 12.9. The van der Waals surface area contributed by atoms with Gasteiger partial charge in [0.1, 0.15) is 0 Å². The first-order valence-corrected chi connectivity index (χ1v) is 5.39. The van der Waals surface area contributed by atoms with E-state index in [1.54, 1.807) is 18.2 Å². The van der Waals surface area contributed by atoms with Crippen molar-refractivity contribution < 1.29 is 14.6 Å². The number of rotatable bonds is 4. The second kappa shape index (κ2) is 4.23. The van der Waals surface area contributed by atoms with E-state index in [0.29, 0.717) is 17.9 Å². The van der Waals surface area contributed by atoms with E-state index in [1.807, 2.05) is 13.0 Å². The van der Waals surface area contributed by atoms with E-state index in [9.17, 15) is 9.90 Å². The van der Waals surface area contributed by atoms with Crippen molar-refractivity contribution in [2.75, 3.05) is 18.5 Å². The van der Waals surface area contributed by atoms with Crippen LogP contribution in [0, 0.1) is 0 Å². The van der Waals surface area contributed by atoms with Gasteiger partial charge in [-0.1, -0.05) is 25.1 Å². The van der Waals surface area contributed by atoms with Crippen LogP contribution in [0.15, 0.2) is 24.3 Å². The Morgan fingerprint density at radius 3 is 2.94 bits per heavy atom.